The molecule has 4 aromatic rings. The van der Waals surface area contributed by atoms with Crippen LogP contribution in [0.25, 0.3) is 11.4 Å². The quantitative estimate of drug-likeness (QED) is 0.294. The van der Waals surface area contributed by atoms with Crippen molar-refractivity contribution < 1.29 is 22.8 Å². The van der Waals surface area contributed by atoms with Gasteiger partial charge in [-0.1, -0.05) is 79.6 Å². The van der Waals surface area contributed by atoms with Crippen LogP contribution in [0.5, 0.6) is 0 Å². The highest BCUT2D eigenvalue weighted by Crippen LogP contribution is 2.32. The van der Waals surface area contributed by atoms with Crippen molar-refractivity contribution in [1.82, 2.24) is 25.5 Å². The van der Waals surface area contributed by atoms with E-state index in [4.69, 9.17) is 0 Å². The molecule has 0 saturated carbocycles. The number of halogens is 3. The summed E-state index contributed by atoms with van der Waals surface area (Å²) >= 11 is 0. The van der Waals surface area contributed by atoms with Gasteiger partial charge in [-0.05, 0) is 42.3 Å². The van der Waals surface area contributed by atoms with Crippen LogP contribution in [0.3, 0.4) is 0 Å². The number of amides is 2. The van der Waals surface area contributed by atoms with Crippen LogP contribution < -0.4 is 10.2 Å². The number of hydrogen-bond acceptors (Lipinski definition) is 5. The summed E-state index contributed by atoms with van der Waals surface area (Å²) in [6.45, 7) is 3.55. The molecule has 0 aliphatic rings. The number of nitrogens with one attached hydrogen (secondary N) is 1. The van der Waals surface area contributed by atoms with Gasteiger partial charge in [0.2, 0.25) is 11.7 Å². The molecule has 1 aromatic heterocycles. The zero-order valence-corrected chi connectivity index (χ0v) is 22.1. The summed E-state index contributed by atoms with van der Waals surface area (Å²) < 4.78 is 40.7. The van der Waals surface area contributed by atoms with Crippen molar-refractivity contribution in [2.45, 2.75) is 52.0 Å². The highest BCUT2D eigenvalue weighted by molar-refractivity contribution is 6.00. The fraction of sp³-hybridized carbons (Fsp3) is 0.276. The molecule has 0 spiro atoms. The van der Waals surface area contributed by atoms with Gasteiger partial charge in [-0.3, -0.25) is 14.5 Å². The van der Waals surface area contributed by atoms with Gasteiger partial charge >= 0.3 is 6.18 Å². The molecule has 2 amide bonds. The van der Waals surface area contributed by atoms with Crippen LogP contribution in [0, 0.1) is 6.92 Å². The highest BCUT2D eigenvalue weighted by atomic mass is 19.4. The summed E-state index contributed by atoms with van der Waals surface area (Å²) in [5.41, 5.74) is 1.62. The maximum Gasteiger partial charge on any atom is 0.416 e. The zero-order valence-electron chi connectivity index (χ0n) is 22.1. The summed E-state index contributed by atoms with van der Waals surface area (Å²) in [4.78, 5) is 29.3. The molecule has 208 valence electrons. The normalized spacial score (nSPS) is 12.1. The van der Waals surface area contributed by atoms with Gasteiger partial charge in [0, 0.05) is 17.8 Å². The van der Waals surface area contributed by atoms with Crippen LogP contribution in [0.15, 0.2) is 78.9 Å². The molecule has 1 N–H and O–H groups in total. The lowest BCUT2D eigenvalue weighted by atomic mass is 10.1. The molecular weight excluding hydrogens is 521 g/mol. The lowest BCUT2D eigenvalue weighted by molar-refractivity contribution is -0.137. The topological polar surface area (TPSA) is 93.0 Å². The molecule has 0 aliphatic heterocycles. The highest BCUT2D eigenvalue weighted by Gasteiger charge is 2.35. The Kier molecular flexibility index (Phi) is 8.93. The van der Waals surface area contributed by atoms with E-state index in [1.165, 1.54) is 12.1 Å². The van der Waals surface area contributed by atoms with Crippen LogP contribution >= 0.6 is 0 Å². The Morgan fingerprint density at radius 2 is 1.73 bits per heavy atom. The molecule has 0 bridgehead atoms. The first-order chi connectivity index (χ1) is 19.2. The van der Waals surface area contributed by atoms with E-state index in [0.717, 1.165) is 33.0 Å². The number of carbonyl (C=O) groups excluding carboxylic acids is 2. The second-order valence-electron chi connectivity index (χ2n) is 9.33. The number of rotatable bonds is 10. The number of alkyl halides is 3. The van der Waals surface area contributed by atoms with Crippen molar-refractivity contribution in [2.75, 3.05) is 4.90 Å². The number of aromatic nitrogens is 4. The fourth-order valence-corrected chi connectivity index (χ4v) is 4.21. The Morgan fingerprint density at radius 1 is 1.00 bits per heavy atom. The van der Waals surface area contributed by atoms with Gasteiger partial charge in [0.25, 0.3) is 5.91 Å². The molecule has 3 aromatic carbocycles. The third kappa shape index (κ3) is 7.10. The standard InChI is InChI=1S/C29H29F3N6O2/c1-3-8-25(28(40)33-18-21-9-5-4-6-10-21)38(24-12-7-11-23(17-24)29(30,31)32)26(39)19-37-35-27(34-36-37)22-15-13-20(2)14-16-22/h4-7,9-17,25H,3,8,18-19H2,1-2H3,(H,33,40). The molecule has 8 nitrogen and oxygen atoms in total. The van der Waals surface area contributed by atoms with Gasteiger partial charge in [-0.15, -0.1) is 10.2 Å². The number of hydrogen-bond donors (Lipinski definition) is 1. The van der Waals surface area contributed by atoms with Gasteiger partial charge in [0.1, 0.15) is 12.6 Å². The first-order valence-electron chi connectivity index (χ1n) is 12.8. The van der Waals surface area contributed by atoms with Gasteiger partial charge in [-0.25, -0.2) is 0 Å². The molecule has 0 aliphatic carbocycles. The number of anilines is 1. The molecule has 0 radical (unpaired) electrons. The van der Waals surface area contributed by atoms with Crippen LogP contribution in [0.4, 0.5) is 18.9 Å². The molecular formula is C29H29F3N6O2. The zero-order chi connectivity index (χ0) is 28.7. The van der Waals surface area contributed by atoms with Crippen molar-refractivity contribution >= 4 is 17.5 Å². The Labute approximate surface area is 229 Å². The van der Waals surface area contributed by atoms with Crippen molar-refractivity contribution in [3.63, 3.8) is 0 Å². The Hall–Kier alpha value is -4.54. The molecule has 0 fully saturated rings. The predicted octanol–water partition coefficient (Wildman–Crippen LogP) is 5.19. The van der Waals surface area contributed by atoms with Gasteiger partial charge < -0.3 is 5.32 Å². The van der Waals surface area contributed by atoms with Gasteiger partial charge in [0.15, 0.2) is 0 Å². The third-order valence-corrected chi connectivity index (χ3v) is 6.25. The second kappa shape index (κ2) is 12.5. The molecule has 0 saturated heterocycles. The van der Waals surface area contributed by atoms with E-state index in [-0.39, 0.29) is 18.7 Å². The smallest absolute Gasteiger partial charge is 0.350 e. The lowest BCUT2D eigenvalue weighted by Gasteiger charge is -2.31. The number of benzene rings is 3. The molecule has 11 heteroatoms. The van der Waals surface area contributed by atoms with Gasteiger partial charge in [0.05, 0.1) is 5.56 Å². The third-order valence-electron chi connectivity index (χ3n) is 6.25. The first kappa shape index (κ1) is 28.5. The SMILES string of the molecule is CCCC(C(=O)NCc1ccccc1)N(C(=O)Cn1nnc(-c2ccc(C)cc2)n1)c1cccc(C(F)(F)F)c1. The van der Waals surface area contributed by atoms with E-state index < -0.39 is 36.1 Å². The Bertz CT molecular complexity index is 1440. The lowest BCUT2D eigenvalue weighted by Crippen LogP contribution is -2.51. The monoisotopic (exact) mass is 550 g/mol. The average molecular weight is 551 g/mol. The predicted molar refractivity (Wildman–Crippen MR) is 144 cm³/mol. The van der Waals surface area contributed by atoms with E-state index in [0.29, 0.717) is 17.8 Å². The minimum Gasteiger partial charge on any atom is -0.350 e. The number of aryl methyl sites for hydroxylation is 1. The average Bonchev–Trinajstić information content (AvgIpc) is 3.40. The van der Waals surface area contributed by atoms with Crippen molar-refractivity contribution in [2.24, 2.45) is 0 Å². The van der Waals surface area contributed by atoms with Crippen molar-refractivity contribution in [3.05, 3.63) is 95.6 Å². The van der Waals surface area contributed by atoms with E-state index in [1.807, 2.05) is 68.4 Å². The van der Waals surface area contributed by atoms with E-state index in [2.05, 4.69) is 20.7 Å². The summed E-state index contributed by atoms with van der Waals surface area (Å²) in [6, 6.07) is 19.9. The van der Waals surface area contributed by atoms with Gasteiger partial charge in [-0.2, -0.15) is 18.0 Å². The maximum absolute atomic E-state index is 13.7. The summed E-state index contributed by atoms with van der Waals surface area (Å²) in [5.74, 6) is -0.840. The van der Waals surface area contributed by atoms with Crippen molar-refractivity contribution in [1.29, 1.82) is 0 Å². The van der Waals surface area contributed by atoms with Crippen LogP contribution in [0.1, 0.15) is 36.5 Å². The van der Waals surface area contributed by atoms with E-state index in [9.17, 15) is 22.8 Å². The fourth-order valence-electron chi connectivity index (χ4n) is 4.21. The molecule has 1 atom stereocenters. The van der Waals surface area contributed by atoms with Crippen molar-refractivity contribution in [3.8, 4) is 11.4 Å². The Balaban J connectivity index is 1.64. The van der Waals surface area contributed by atoms with Crippen LogP contribution in [0.2, 0.25) is 0 Å². The number of tetrazole rings is 1. The van der Waals surface area contributed by atoms with E-state index >= 15 is 0 Å². The summed E-state index contributed by atoms with van der Waals surface area (Å²) in [6.07, 6.45) is -3.90. The minimum atomic E-state index is -4.63. The molecule has 1 unspecified atom stereocenters. The second-order valence-corrected chi connectivity index (χ2v) is 9.33. The van der Waals surface area contributed by atoms with Crippen LogP contribution in [-0.2, 0) is 28.9 Å². The van der Waals surface area contributed by atoms with E-state index in [1.54, 1.807) is 0 Å². The molecule has 1 heterocycles. The van der Waals surface area contributed by atoms with Crippen LogP contribution in [-0.4, -0.2) is 38.1 Å². The molecule has 40 heavy (non-hydrogen) atoms. The first-order valence-corrected chi connectivity index (χ1v) is 12.8. The largest absolute Gasteiger partial charge is 0.416 e. The maximum atomic E-state index is 13.7. The summed E-state index contributed by atoms with van der Waals surface area (Å²) in [5, 5.41) is 15.1. The molecule has 4 rings (SSSR count). The number of carbonyl (C=O) groups is 2. The number of nitrogens with zero attached hydrogens (tertiary/aromatic N) is 5. The minimum absolute atomic E-state index is 0.0491. The Morgan fingerprint density at radius 3 is 2.40 bits per heavy atom. The summed E-state index contributed by atoms with van der Waals surface area (Å²) in [7, 11) is 0.